The molecule has 0 spiro atoms. The van der Waals surface area contributed by atoms with Gasteiger partial charge in [-0.25, -0.2) is 18.0 Å². The average Bonchev–Trinajstić information content (AvgIpc) is 3.10. The van der Waals surface area contributed by atoms with Crippen molar-refractivity contribution < 1.29 is 32.0 Å². The van der Waals surface area contributed by atoms with Gasteiger partial charge in [-0.1, -0.05) is 12.1 Å². The van der Waals surface area contributed by atoms with Crippen molar-refractivity contribution in [2.75, 3.05) is 17.6 Å². The predicted molar refractivity (Wildman–Crippen MR) is 94.3 cm³/mol. The Labute approximate surface area is 154 Å². The zero-order valence-corrected chi connectivity index (χ0v) is 15.0. The standard InChI is InChI=1S/C16H17N3O7S/c1-27(23,24)19-13-7-3-2-6-12(13)15(21)26-10-14(20)18-16(22)17-9-11-5-4-8-25-11/h2-8,19H,9-10H2,1H3,(H2,17,18,20,22). The molecule has 10 nitrogen and oxygen atoms in total. The lowest BCUT2D eigenvalue weighted by Crippen LogP contribution is -2.41. The van der Waals surface area contributed by atoms with Gasteiger partial charge in [0, 0.05) is 0 Å². The van der Waals surface area contributed by atoms with Crippen LogP contribution in [0.1, 0.15) is 16.1 Å². The van der Waals surface area contributed by atoms with Gasteiger partial charge in [0.05, 0.1) is 30.3 Å². The Balaban J connectivity index is 1.84. The number of ether oxygens (including phenoxy) is 1. The zero-order valence-electron chi connectivity index (χ0n) is 14.2. The van der Waals surface area contributed by atoms with E-state index in [0.717, 1.165) is 6.26 Å². The van der Waals surface area contributed by atoms with Crippen molar-refractivity contribution in [2.24, 2.45) is 0 Å². The van der Waals surface area contributed by atoms with Crippen LogP contribution in [0.15, 0.2) is 47.1 Å². The number of amides is 3. The molecule has 0 fully saturated rings. The van der Waals surface area contributed by atoms with Crippen LogP contribution in [0, 0.1) is 0 Å². The molecule has 2 aromatic rings. The minimum absolute atomic E-state index is 0.0154. The number of urea groups is 1. The second-order valence-corrected chi connectivity index (χ2v) is 7.05. The summed E-state index contributed by atoms with van der Waals surface area (Å²) in [7, 11) is -3.60. The fraction of sp³-hybridized carbons (Fsp3) is 0.188. The maximum atomic E-state index is 12.1. The molecule has 1 heterocycles. The third-order valence-electron chi connectivity index (χ3n) is 3.03. The van der Waals surface area contributed by atoms with E-state index < -0.39 is 34.5 Å². The Morgan fingerprint density at radius 3 is 2.52 bits per heavy atom. The summed E-state index contributed by atoms with van der Waals surface area (Å²) in [4.78, 5) is 35.3. The van der Waals surface area contributed by atoms with Crippen molar-refractivity contribution in [1.29, 1.82) is 0 Å². The fourth-order valence-electron chi connectivity index (χ4n) is 1.95. The molecule has 0 atom stereocenters. The first kappa shape index (κ1) is 20.0. The van der Waals surface area contributed by atoms with E-state index in [1.807, 2.05) is 5.32 Å². The SMILES string of the molecule is CS(=O)(=O)Nc1ccccc1C(=O)OCC(=O)NC(=O)NCc1ccco1. The molecule has 3 N–H and O–H groups in total. The molecule has 0 unspecified atom stereocenters. The Morgan fingerprint density at radius 1 is 1.11 bits per heavy atom. The van der Waals surface area contributed by atoms with E-state index in [9.17, 15) is 22.8 Å². The van der Waals surface area contributed by atoms with Gasteiger partial charge in [-0.15, -0.1) is 0 Å². The number of furan rings is 1. The van der Waals surface area contributed by atoms with Crippen molar-refractivity contribution in [1.82, 2.24) is 10.6 Å². The fourth-order valence-corrected chi connectivity index (χ4v) is 2.52. The predicted octanol–water partition coefficient (Wildman–Crippen LogP) is 0.834. The molecule has 0 bridgehead atoms. The quantitative estimate of drug-likeness (QED) is 0.589. The summed E-state index contributed by atoms with van der Waals surface area (Å²) in [6.45, 7) is -0.642. The maximum Gasteiger partial charge on any atom is 0.340 e. The highest BCUT2D eigenvalue weighted by Crippen LogP contribution is 2.17. The molecule has 0 radical (unpaired) electrons. The molecule has 0 aliphatic carbocycles. The Bertz CT molecular complexity index is 923. The van der Waals surface area contributed by atoms with Crippen LogP contribution < -0.4 is 15.4 Å². The highest BCUT2D eigenvalue weighted by Gasteiger charge is 2.17. The third kappa shape index (κ3) is 6.82. The molecule has 0 saturated heterocycles. The lowest BCUT2D eigenvalue weighted by molar-refractivity contribution is -0.123. The Kier molecular flexibility index (Phi) is 6.55. The average molecular weight is 395 g/mol. The van der Waals surface area contributed by atoms with Gasteiger partial charge in [-0.05, 0) is 24.3 Å². The molecular weight excluding hydrogens is 378 g/mol. The van der Waals surface area contributed by atoms with Gasteiger partial charge in [-0.2, -0.15) is 0 Å². The molecule has 0 saturated carbocycles. The van der Waals surface area contributed by atoms with Gasteiger partial charge in [0.25, 0.3) is 5.91 Å². The monoisotopic (exact) mass is 395 g/mol. The van der Waals surface area contributed by atoms with Crippen molar-refractivity contribution in [3.63, 3.8) is 0 Å². The summed E-state index contributed by atoms with van der Waals surface area (Å²) in [5.74, 6) is -1.28. The lowest BCUT2D eigenvalue weighted by Gasteiger charge is -2.10. The van der Waals surface area contributed by atoms with Crippen LogP contribution in [0.3, 0.4) is 0 Å². The smallest absolute Gasteiger partial charge is 0.340 e. The number of sulfonamides is 1. The van der Waals surface area contributed by atoms with E-state index in [2.05, 4.69) is 10.0 Å². The van der Waals surface area contributed by atoms with Crippen molar-refractivity contribution >= 4 is 33.6 Å². The minimum atomic E-state index is -3.60. The van der Waals surface area contributed by atoms with Crippen molar-refractivity contribution in [2.45, 2.75) is 6.54 Å². The number of anilines is 1. The van der Waals surface area contributed by atoms with E-state index in [0.29, 0.717) is 5.76 Å². The second kappa shape index (κ2) is 8.85. The number of hydrogen-bond donors (Lipinski definition) is 3. The maximum absolute atomic E-state index is 12.1. The lowest BCUT2D eigenvalue weighted by atomic mass is 10.2. The number of benzene rings is 1. The van der Waals surface area contributed by atoms with Crippen LogP contribution in [-0.2, 0) is 26.1 Å². The number of imide groups is 1. The molecule has 1 aromatic carbocycles. The zero-order chi connectivity index (χ0) is 19.9. The minimum Gasteiger partial charge on any atom is -0.467 e. The molecule has 3 amide bonds. The number of hydrogen-bond acceptors (Lipinski definition) is 7. The number of esters is 1. The Hall–Kier alpha value is -3.34. The first-order valence-electron chi connectivity index (χ1n) is 7.58. The molecule has 144 valence electrons. The highest BCUT2D eigenvalue weighted by atomic mass is 32.2. The van der Waals surface area contributed by atoms with Crippen LogP contribution in [0.25, 0.3) is 0 Å². The molecule has 0 aliphatic rings. The van der Waals surface area contributed by atoms with E-state index in [1.54, 1.807) is 12.1 Å². The van der Waals surface area contributed by atoms with Gasteiger partial charge < -0.3 is 14.5 Å². The van der Waals surface area contributed by atoms with E-state index in [1.165, 1.54) is 30.5 Å². The summed E-state index contributed by atoms with van der Waals surface area (Å²) < 4.78 is 34.7. The largest absolute Gasteiger partial charge is 0.467 e. The van der Waals surface area contributed by atoms with Crippen LogP contribution in [0.2, 0.25) is 0 Å². The molecular formula is C16H17N3O7S. The number of para-hydroxylation sites is 1. The number of carbonyl (C=O) groups excluding carboxylic acids is 3. The van der Waals surface area contributed by atoms with Gasteiger partial charge in [0.1, 0.15) is 5.76 Å². The summed E-state index contributed by atoms with van der Waals surface area (Å²) in [5.41, 5.74) is -0.0559. The van der Waals surface area contributed by atoms with Gasteiger partial charge in [0.15, 0.2) is 6.61 Å². The first-order chi connectivity index (χ1) is 12.7. The molecule has 1 aromatic heterocycles. The molecule has 2 rings (SSSR count). The summed E-state index contributed by atoms with van der Waals surface area (Å²) >= 11 is 0. The normalized spacial score (nSPS) is 10.7. The molecule has 0 aliphatic heterocycles. The van der Waals surface area contributed by atoms with Gasteiger partial charge in [-0.3, -0.25) is 14.8 Å². The summed E-state index contributed by atoms with van der Waals surface area (Å²) in [5, 5.41) is 4.37. The van der Waals surface area contributed by atoms with Crippen LogP contribution in [-0.4, -0.2) is 39.2 Å². The summed E-state index contributed by atoms with van der Waals surface area (Å²) in [6.07, 6.45) is 2.37. The third-order valence-corrected chi connectivity index (χ3v) is 3.62. The Morgan fingerprint density at radius 2 is 1.85 bits per heavy atom. The van der Waals surface area contributed by atoms with Crippen molar-refractivity contribution in [3.05, 3.63) is 54.0 Å². The van der Waals surface area contributed by atoms with Crippen molar-refractivity contribution in [3.8, 4) is 0 Å². The van der Waals surface area contributed by atoms with Gasteiger partial charge in [0.2, 0.25) is 10.0 Å². The molecule has 11 heteroatoms. The topological polar surface area (TPSA) is 144 Å². The van der Waals surface area contributed by atoms with Crippen LogP contribution >= 0.6 is 0 Å². The number of nitrogens with one attached hydrogen (secondary N) is 3. The van der Waals surface area contributed by atoms with E-state index >= 15 is 0 Å². The van der Waals surface area contributed by atoms with E-state index in [4.69, 9.17) is 9.15 Å². The van der Waals surface area contributed by atoms with E-state index in [-0.39, 0.29) is 17.8 Å². The van der Waals surface area contributed by atoms with Crippen LogP contribution in [0.4, 0.5) is 10.5 Å². The number of carbonyl (C=O) groups is 3. The molecule has 27 heavy (non-hydrogen) atoms. The highest BCUT2D eigenvalue weighted by molar-refractivity contribution is 7.92. The number of rotatable bonds is 7. The second-order valence-electron chi connectivity index (χ2n) is 5.31. The summed E-state index contributed by atoms with van der Waals surface area (Å²) in [6, 6.07) is 8.25. The first-order valence-corrected chi connectivity index (χ1v) is 9.48. The van der Waals surface area contributed by atoms with Gasteiger partial charge >= 0.3 is 12.0 Å². The van der Waals surface area contributed by atoms with Crippen LogP contribution in [0.5, 0.6) is 0 Å².